The summed E-state index contributed by atoms with van der Waals surface area (Å²) >= 11 is 8.99. The molecule has 0 aliphatic rings. The Hall–Kier alpha value is -0.210. The monoisotopic (exact) mass is 247 g/mol. The topological polar surface area (TPSA) is 26.0 Å². The van der Waals surface area contributed by atoms with Gasteiger partial charge in [-0.3, -0.25) is 0 Å². The molecule has 0 saturated heterocycles. The molecule has 1 aromatic carbocycles. The van der Waals surface area contributed by atoms with Crippen LogP contribution in [-0.4, -0.2) is 5.88 Å². The quantitative estimate of drug-likeness (QED) is 0.645. The number of rotatable bonds is 3. The van der Waals surface area contributed by atoms with Gasteiger partial charge in [-0.05, 0) is 36.6 Å². The van der Waals surface area contributed by atoms with Crippen LogP contribution in [0.15, 0.2) is 22.7 Å². The zero-order valence-corrected chi connectivity index (χ0v) is 9.03. The van der Waals surface area contributed by atoms with Crippen LogP contribution in [0.1, 0.15) is 12.0 Å². The fraction of sp³-hybridized carbons (Fsp3) is 0.333. The van der Waals surface area contributed by atoms with Gasteiger partial charge in [0, 0.05) is 16.0 Å². The highest BCUT2D eigenvalue weighted by molar-refractivity contribution is 9.10. The lowest BCUT2D eigenvalue weighted by molar-refractivity contribution is 0.930. The minimum absolute atomic E-state index is 0.686. The molecule has 0 radical (unpaired) electrons. The minimum atomic E-state index is 0.686. The summed E-state index contributed by atoms with van der Waals surface area (Å²) in [7, 11) is 0. The number of aryl methyl sites for hydroxylation is 1. The average molecular weight is 249 g/mol. The second-order valence-corrected chi connectivity index (χ2v) is 3.93. The van der Waals surface area contributed by atoms with Crippen LogP contribution in [0.4, 0.5) is 5.69 Å². The molecule has 3 heteroatoms. The summed E-state index contributed by atoms with van der Waals surface area (Å²) < 4.78 is 1.07. The summed E-state index contributed by atoms with van der Waals surface area (Å²) in [5, 5.41) is 0. The molecule has 12 heavy (non-hydrogen) atoms. The zero-order chi connectivity index (χ0) is 8.97. The van der Waals surface area contributed by atoms with Crippen LogP contribution < -0.4 is 5.73 Å². The number of halogens is 2. The summed E-state index contributed by atoms with van der Waals surface area (Å²) in [6.07, 6.45) is 1.93. The molecule has 66 valence electrons. The van der Waals surface area contributed by atoms with Gasteiger partial charge in [-0.2, -0.15) is 0 Å². The van der Waals surface area contributed by atoms with Crippen LogP contribution in [0.3, 0.4) is 0 Å². The highest BCUT2D eigenvalue weighted by Gasteiger charge is 1.98. The third-order valence-electron chi connectivity index (χ3n) is 1.68. The van der Waals surface area contributed by atoms with Gasteiger partial charge in [0.25, 0.3) is 0 Å². The number of alkyl halides is 1. The standard InChI is InChI=1S/C9H11BrClN/c10-8-3-4-9(12)7(6-8)2-1-5-11/h3-4,6H,1-2,5,12H2. The maximum Gasteiger partial charge on any atom is 0.0347 e. The highest BCUT2D eigenvalue weighted by Crippen LogP contribution is 2.19. The van der Waals surface area contributed by atoms with Crippen molar-refractivity contribution in [3.8, 4) is 0 Å². The lowest BCUT2D eigenvalue weighted by Gasteiger charge is -2.04. The fourth-order valence-corrected chi connectivity index (χ4v) is 1.59. The third-order valence-corrected chi connectivity index (χ3v) is 2.45. The first-order valence-electron chi connectivity index (χ1n) is 3.84. The summed E-state index contributed by atoms with van der Waals surface area (Å²) in [6.45, 7) is 0. The zero-order valence-electron chi connectivity index (χ0n) is 6.69. The number of hydrogen-bond donors (Lipinski definition) is 1. The van der Waals surface area contributed by atoms with Gasteiger partial charge in [-0.1, -0.05) is 15.9 Å². The number of nitrogens with two attached hydrogens (primary N) is 1. The molecule has 0 aliphatic heterocycles. The van der Waals surface area contributed by atoms with Gasteiger partial charge in [0.1, 0.15) is 0 Å². The molecule has 0 saturated carbocycles. The van der Waals surface area contributed by atoms with Crippen molar-refractivity contribution in [3.05, 3.63) is 28.2 Å². The van der Waals surface area contributed by atoms with Gasteiger partial charge in [0.05, 0.1) is 0 Å². The first-order chi connectivity index (χ1) is 5.74. The van der Waals surface area contributed by atoms with Crippen molar-refractivity contribution < 1.29 is 0 Å². The normalized spacial score (nSPS) is 10.2. The van der Waals surface area contributed by atoms with Crippen LogP contribution in [0.2, 0.25) is 0 Å². The largest absolute Gasteiger partial charge is 0.399 e. The maximum absolute atomic E-state index is 5.77. The molecular formula is C9H11BrClN. The number of anilines is 1. The molecule has 0 fully saturated rings. The van der Waals surface area contributed by atoms with Crippen molar-refractivity contribution in [2.75, 3.05) is 11.6 Å². The Morgan fingerprint density at radius 1 is 1.42 bits per heavy atom. The number of hydrogen-bond acceptors (Lipinski definition) is 1. The first-order valence-corrected chi connectivity index (χ1v) is 5.16. The molecule has 0 atom stereocenters. The second kappa shape index (κ2) is 4.73. The van der Waals surface area contributed by atoms with Crippen LogP contribution >= 0.6 is 27.5 Å². The van der Waals surface area contributed by atoms with Crippen LogP contribution in [0, 0.1) is 0 Å². The van der Waals surface area contributed by atoms with Gasteiger partial charge in [0.2, 0.25) is 0 Å². The highest BCUT2D eigenvalue weighted by atomic mass is 79.9. The molecule has 0 heterocycles. The first kappa shape index (κ1) is 9.87. The van der Waals surface area contributed by atoms with Crippen LogP contribution in [0.5, 0.6) is 0 Å². The van der Waals surface area contributed by atoms with Gasteiger partial charge in [0.15, 0.2) is 0 Å². The summed E-state index contributed by atoms with van der Waals surface area (Å²) in [5.74, 6) is 0.686. The van der Waals surface area contributed by atoms with Crippen LogP contribution in [-0.2, 0) is 6.42 Å². The van der Waals surface area contributed by atoms with E-state index in [1.807, 2.05) is 18.2 Å². The molecule has 1 aromatic rings. The molecule has 0 aliphatic carbocycles. The van der Waals surface area contributed by atoms with Gasteiger partial charge in [-0.25, -0.2) is 0 Å². The van der Waals surface area contributed by atoms with Crippen molar-refractivity contribution in [1.82, 2.24) is 0 Å². The van der Waals surface area contributed by atoms with Crippen molar-refractivity contribution >= 4 is 33.2 Å². The molecule has 1 rings (SSSR count). The van der Waals surface area contributed by atoms with Crippen LogP contribution in [0.25, 0.3) is 0 Å². The predicted molar refractivity (Wildman–Crippen MR) is 57.6 cm³/mol. The van der Waals surface area contributed by atoms with Crippen molar-refractivity contribution in [2.45, 2.75) is 12.8 Å². The Bertz CT molecular complexity index is 263. The Balaban J connectivity index is 2.75. The molecule has 0 aromatic heterocycles. The van der Waals surface area contributed by atoms with Gasteiger partial charge >= 0.3 is 0 Å². The Morgan fingerprint density at radius 3 is 2.83 bits per heavy atom. The minimum Gasteiger partial charge on any atom is -0.399 e. The summed E-state index contributed by atoms with van der Waals surface area (Å²) in [6, 6.07) is 5.90. The predicted octanol–water partition coefficient (Wildman–Crippen LogP) is 3.20. The Kier molecular flexibility index (Phi) is 3.89. The van der Waals surface area contributed by atoms with Crippen molar-refractivity contribution in [2.24, 2.45) is 0 Å². The van der Waals surface area contributed by atoms with Crippen molar-refractivity contribution in [3.63, 3.8) is 0 Å². The Morgan fingerprint density at radius 2 is 2.17 bits per heavy atom. The Labute approximate surface area is 86.0 Å². The lowest BCUT2D eigenvalue weighted by atomic mass is 10.1. The number of nitrogen functional groups attached to an aromatic ring is 1. The maximum atomic E-state index is 5.77. The molecule has 2 N–H and O–H groups in total. The molecule has 0 amide bonds. The van der Waals surface area contributed by atoms with Gasteiger partial charge in [-0.15, -0.1) is 11.6 Å². The molecule has 0 unspecified atom stereocenters. The van der Waals surface area contributed by atoms with E-state index in [9.17, 15) is 0 Å². The van der Waals surface area contributed by atoms with E-state index in [2.05, 4.69) is 15.9 Å². The van der Waals surface area contributed by atoms with E-state index in [1.54, 1.807) is 0 Å². The smallest absolute Gasteiger partial charge is 0.0347 e. The summed E-state index contributed by atoms with van der Waals surface area (Å²) in [4.78, 5) is 0. The third kappa shape index (κ3) is 2.68. The average Bonchev–Trinajstić information content (AvgIpc) is 2.07. The molecular weight excluding hydrogens is 237 g/mol. The lowest BCUT2D eigenvalue weighted by Crippen LogP contribution is -1.94. The van der Waals surface area contributed by atoms with E-state index < -0.39 is 0 Å². The van der Waals surface area contributed by atoms with E-state index in [1.165, 1.54) is 5.56 Å². The van der Waals surface area contributed by atoms with E-state index >= 15 is 0 Å². The van der Waals surface area contributed by atoms with E-state index in [0.29, 0.717) is 5.88 Å². The van der Waals surface area contributed by atoms with Gasteiger partial charge < -0.3 is 5.73 Å². The molecule has 1 nitrogen and oxygen atoms in total. The number of benzene rings is 1. The van der Waals surface area contributed by atoms with E-state index in [-0.39, 0.29) is 0 Å². The SMILES string of the molecule is Nc1ccc(Br)cc1CCCCl. The van der Waals surface area contributed by atoms with Crippen molar-refractivity contribution in [1.29, 1.82) is 0 Å². The van der Waals surface area contributed by atoms with E-state index in [4.69, 9.17) is 17.3 Å². The molecule has 0 spiro atoms. The summed E-state index contributed by atoms with van der Waals surface area (Å²) in [5.41, 5.74) is 7.79. The second-order valence-electron chi connectivity index (χ2n) is 2.64. The fourth-order valence-electron chi connectivity index (χ4n) is 1.05. The van der Waals surface area contributed by atoms with E-state index in [0.717, 1.165) is 23.0 Å². The molecule has 0 bridgehead atoms.